The normalized spacial score (nSPS) is 21.1. The summed E-state index contributed by atoms with van der Waals surface area (Å²) in [5, 5.41) is 0.679. The number of nitrogens with zero attached hydrogens (tertiary/aromatic N) is 1. The van der Waals surface area contributed by atoms with E-state index >= 15 is 0 Å². The van der Waals surface area contributed by atoms with Crippen LogP contribution in [0.4, 0.5) is 0 Å². The van der Waals surface area contributed by atoms with Crippen molar-refractivity contribution in [3.05, 3.63) is 34.9 Å². The Balaban J connectivity index is 1.81. The first-order chi connectivity index (χ1) is 9.15. The third-order valence-corrected chi connectivity index (χ3v) is 4.18. The number of halogens is 1. The second-order valence-corrected chi connectivity index (χ2v) is 5.99. The van der Waals surface area contributed by atoms with Crippen molar-refractivity contribution in [1.82, 2.24) is 4.90 Å². The second-order valence-electron chi connectivity index (χ2n) is 5.56. The van der Waals surface area contributed by atoms with Gasteiger partial charge in [-0.3, -0.25) is 4.79 Å². The molecule has 0 spiro atoms. The maximum atomic E-state index is 12.1. The number of ketones is 1. The number of carbonyl (C=O) groups is 1. The van der Waals surface area contributed by atoms with Crippen LogP contribution in [0, 0.1) is 5.92 Å². The van der Waals surface area contributed by atoms with E-state index in [0.717, 1.165) is 31.1 Å². The van der Waals surface area contributed by atoms with Crippen molar-refractivity contribution in [2.75, 3.05) is 19.6 Å². The lowest BCUT2D eigenvalue weighted by molar-refractivity contribution is 0.0964. The molecule has 19 heavy (non-hydrogen) atoms. The van der Waals surface area contributed by atoms with Gasteiger partial charge in [0.25, 0.3) is 0 Å². The lowest BCUT2D eigenvalue weighted by Crippen LogP contribution is -2.27. The SMILES string of the molecule is CC1CCCN(CCC(=O)c2ccc(Cl)cc2)CC1. The van der Waals surface area contributed by atoms with Crippen molar-refractivity contribution < 1.29 is 4.79 Å². The Morgan fingerprint density at radius 2 is 2.00 bits per heavy atom. The monoisotopic (exact) mass is 279 g/mol. The number of hydrogen-bond acceptors (Lipinski definition) is 2. The zero-order valence-electron chi connectivity index (χ0n) is 11.6. The highest BCUT2D eigenvalue weighted by atomic mass is 35.5. The molecule has 1 aliphatic heterocycles. The molecule has 104 valence electrons. The van der Waals surface area contributed by atoms with Gasteiger partial charge in [-0.25, -0.2) is 0 Å². The Morgan fingerprint density at radius 3 is 2.74 bits per heavy atom. The maximum absolute atomic E-state index is 12.1. The average Bonchev–Trinajstić information content (AvgIpc) is 2.61. The Hall–Kier alpha value is -0.860. The van der Waals surface area contributed by atoms with E-state index in [1.54, 1.807) is 12.1 Å². The van der Waals surface area contributed by atoms with Gasteiger partial charge in [-0.1, -0.05) is 18.5 Å². The fraction of sp³-hybridized carbons (Fsp3) is 0.562. The molecule has 1 aliphatic rings. The minimum absolute atomic E-state index is 0.217. The van der Waals surface area contributed by atoms with E-state index in [-0.39, 0.29) is 5.78 Å². The van der Waals surface area contributed by atoms with Gasteiger partial charge in [-0.05, 0) is 62.5 Å². The van der Waals surface area contributed by atoms with Crippen LogP contribution in [0.5, 0.6) is 0 Å². The van der Waals surface area contributed by atoms with Crippen LogP contribution in [-0.2, 0) is 0 Å². The van der Waals surface area contributed by atoms with Crippen molar-refractivity contribution >= 4 is 17.4 Å². The van der Waals surface area contributed by atoms with Crippen LogP contribution in [0.2, 0.25) is 5.02 Å². The molecule has 0 bridgehead atoms. The summed E-state index contributed by atoms with van der Waals surface area (Å²) in [5.74, 6) is 1.05. The Bertz CT molecular complexity index is 415. The zero-order chi connectivity index (χ0) is 13.7. The van der Waals surface area contributed by atoms with E-state index in [0.29, 0.717) is 11.4 Å². The molecule has 3 heteroatoms. The highest BCUT2D eigenvalue weighted by Crippen LogP contribution is 2.17. The summed E-state index contributed by atoms with van der Waals surface area (Å²) in [5.41, 5.74) is 0.771. The van der Waals surface area contributed by atoms with Crippen LogP contribution < -0.4 is 0 Å². The molecule has 0 amide bonds. The Kier molecular flexibility index (Phi) is 5.41. The van der Waals surface area contributed by atoms with Gasteiger partial charge < -0.3 is 4.90 Å². The van der Waals surface area contributed by atoms with Crippen molar-refractivity contribution in [1.29, 1.82) is 0 Å². The molecule has 0 saturated carbocycles. The summed E-state index contributed by atoms with van der Waals surface area (Å²) in [4.78, 5) is 14.5. The predicted octanol–water partition coefficient (Wildman–Crippen LogP) is 4.03. The topological polar surface area (TPSA) is 20.3 Å². The van der Waals surface area contributed by atoms with E-state index in [4.69, 9.17) is 11.6 Å². The largest absolute Gasteiger partial charge is 0.303 e. The summed E-state index contributed by atoms with van der Waals surface area (Å²) < 4.78 is 0. The quantitative estimate of drug-likeness (QED) is 0.776. The molecule has 0 radical (unpaired) electrons. The minimum Gasteiger partial charge on any atom is -0.303 e. The fourth-order valence-corrected chi connectivity index (χ4v) is 2.71. The van der Waals surface area contributed by atoms with Gasteiger partial charge in [0.05, 0.1) is 0 Å². The lowest BCUT2D eigenvalue weighted by atomic mass is 10.0. The molecule has 1 aromatic rings. The van der Waals surface area contributed by atoms with Crippen molar-refractivity contribution in [3.63, 3.8) is 0 Å². The van der Waals surface area contributed by atoms with Crippen LogP contribution in [0.3, 0.4) is 0 Å². The Labute approximate surface area is 120 Å². The lowest BCUT2D eigenvalue weighted by Gasteiger charge is -2.19. The molecule has 1 aromatic carbocycles. The van der Waals surface area contributed by atoms with Gasteiger partial charge >= 0.3 is 0 Å². The molecule has 2 nitrogen and oxygen atoms in total. The molecule has 1 saturated heterocycles. The highest BCUT2D eigenvalue weighted by molar-refractivity contribution is 6.30. The van der Waals surface area contributed by atoms with Gasteiger partial charge in [0, 0.05) is 23.6 Å². The maximum Gasteiger partial charge on any atom is 0.164 e. The van der Waals surface area contributed by atoms with Crippen LogP contribution in [0.15, 0.2) is 24.3 Å². The van der Waals surface area contributed by atoms with Crippen LogP contribution in [0.1, 0.15) is 43.0 Å². The molecule has 1 heterocycles. The first-order valence-corrected chi connectivity index (χ1v) is 7.54. The molecule has 0 N–H and O–H groups in total. The fourth-order valence-electron chi connectivity index (χ4n) is 2.59. The van der Waals surface area contributed by atoms with E-state index in [9.17, 15) is 4.79 Å². The predicted molar refractivity (Wildman–Crippen MR) is 79.9 cm³/mol. The Morgan fingerprint density at radius 1 is 1.26 bits per heavy atom. The zero-order valence-corrected chi connectivity index (χ0v) is 12.3. The van der Waals surface area contributed by atoms with Gasteiger partial charge in [-0.2, -0.15) is 0 Å². The number of rotatable bonds is 4. The van der Waals surface area contributed by atoms with Gasteiger partial charge in [-0.15, -0.1) is 0 Å². The third kappa shape index (κ3) is 4.63. The summed E-state index contributed by atoms with van der Waals surface area (Å²) in [6, 6.07) is 7.19. The summed E-state index contributed by atoms with van der Waals surface area (Å²) in [7, 11) is 0. The highest BCUT2D eigenvalue weighted by Gasteiger charge is 2.15. The van der Waals surface area contributed by atoms with Crippen molar-refractivity contribution in [2.24, 2.45) is 5.92 Å². The molecule has 1 unspecified atom stereocenters. The summed E-state index contributed by atoms with van der Waals surface area (Å²) in [6.07, 6.45) is 4.45. The number of Topliss-reactive ketones (excluding diaryl/α,β-unsaturated/α-hetero) is 1. The standard InChI is InChI=1S/C16H22ClNO/c1-13-3-2-10-18(11-8-13)12-9-16(19)14-4-6-15(17)7-5-14/h4-7,13H,2-3,8-12H2,1H3. The van der Waals surface area contributed by atoms with Crippen LogP contribution in [0.25, 0.3) is 0 Å². The molecule has 1 atom stereocenters. The van der Waals surface area contributed by atoms with E-state index < -0.39 is 0 Å². The number of hydrogen-bond donors (Lipinski definition) is 0. The molecule has 2 rings (SSSR count). The van der Waals surface area contributed by atoms with Gasteiger partial charge in [0.1, 0.15) is 0 Å². The summed E-state index contributed by atoms with van der Waals surface area (Å²) >= 11 is 5.83. The smallest absolute Gasteiger partial charge is 0.164 e. The van der Waals surface area contributed by atoms with Gasteiger partial charge in [0.2, 0.25) is 0 Å². The second kappa shape index (κ2) is 7.06. The molecule has 1 fully saturated rings. The van der Waals surface area contributed by atoms with E-state index in [1.165, 1.54) is 19.3 Å². The van der Waals surface area contributed by atoms with Crippen LogP contribution >= 0.6 is 11.6 Å². The number of benzene rings is 1. The molecular formula is C16H22ClNO. The van der Waals surface area contributed by atoms with Crippen molar-refractivity contribution in [3.8, 4) is 0 Å². The van der Waals surface area contributed by atoms with E-state index in [2.05, 4.69) is 11.8 Å². The molecule has 0 aromatic heterocycles. The first kappa shape index (κ1) is 14.5. The number of likely N-dealkylation sites (tertiary alicyclic amines) is 1. The number of carbonyl (C=O) groups excluding carboxylic acids is 1. The minimum atomic E-state index is 0.217. The van der Waals surface area contributed by atoms with Crippen molar-refractivity contribution in [2.45, 2.75) is 32.6 Å². The van der Waals surface area contributed by atoms with Crippen LogP contribution in [-0.4, -0.2) is 30.3 Å². The average molecular weight is 280 g/mol. The van der Waals surface area contributed by atoms with E-state index in [1.807, 2.05) is 12.1 Å². The molecular weight excluding hydrogens is 258 g/mol. The summed E-state index contributed by atoms with van der Waals surface area (Å²) in [6.45, 7) is 5.48. The first-order valence-electron chi connectivity index (χ1n) is 7.16. The third-order valence-electron chi connectivity index (χ3n) is 3.93. The van der Waals surface area contributed by atoms with Gasteiger partial charge in [0.15, 0.2) is 5.78 Å². The molecule has 0 aliphatic carbocycles.